The Balaban J connectivity index is 2.15. The molecule has 0 atom stereocenters. The van der Waals surface area contributed by atoms with E-state index in [1.54, 1.807) is 25.3 Å². The van der Waals surface area contributed by atoms with Gasteiger partial charge in [0.1, 0.15) is 0 Å². The van der Waals surface area contributed by atoms with Crippen molar-refractivity contribution in [2.24, 2.45) is 5.92 Å². The van der Waals surface area contributed by atoms with Crippen LogP contribution in [0.2, 0.25) is 0 Å². The summed E-state index contributed by atoms with van der Waals surface area (Å²) in [5.41, 5.74) is 6.19. The van der Waals surface area contributed by atoms with Gasteiger partial charge in [0.2, 0.25) is 10.0 Å². The molecule has 112 valence electrons. The van der Waals surface area contributed by atoms with Crippen LogP contribution in [0.25, 0.3) is 0 Å². The van der Waals surface area contributed by atoms with Crippen molar-refractivity contribution < 1.29 is 13.2 Å². The van der Waals surface area contributed by atoms with Crippen molar-refractivity contribution in [2.45, 2.75) is 17.7 Å². The normalized spacial score (nSPS) is 18.3. The molecule has 2 rings (SSSR count). The third-order valence-corrected chi connectivity index (χ3v) is 6.42. The number of nitrogens with two attached hydrogens (primary N) is 1. The summed E-state index contributed by atoms with van der Waals surface area (Å²) in [6.07, 6.45) is 1.67. The molecule has 2 N–H and O–H groups in total. The lowest BCUT2D eigenvalue weighted by molar-refractivity contribution is 0.121. The Labute approximate surface area is 128 Å². The fourth-order valence-electron chi connectivity index (χ4n) is 2.42. The highest BCUT2D eigenvalue weighted by atomic mass is 79.9. The van der Waals surface area contributed by atoms with Crippen LogP contribution in [0.4, 0.5) is 5.69 Å². The summed E-state index contributed by atoms with van der Waals surface area (Å²) in [6, 6.07) is 4.77. The first-order valence-corrected chi connectivity index (χ1v) is 8.72. The van der Waals surface area contributed by atoms with E-state index < -0.39 is 10.0 Å². The molecule has 5 nitrogen and oxygen atoms in total. The van der Waals surface area contributed by atoms with Gasteiger partial charge in [-0.05, 0) is 52.9 Å². The summed E-state index contributed by atoms with van der Waals surface area (Å²) < 4.78 is 32.4. The molecular weight excluding hydrogens is 344 g/mol. The number of methoxy groups -OCH3 is 1. The number of halogens is 1. The Kier molecular flexibility index (Phi) is 5.06. The predicted molar refractivity (Wildman–Crippen MR) is 81.9 cm³/mol. The highest BCUT2D eigenvalue weighted by molar-refractivity contribution is 9.10. The van der Waals surface area contributed by atoms with Crippen molar-refractivity contribution in [1.82, 2.24) is 4.31 Å². The fourth-order valence-corrected chi connectivity index (χ4v) is 4.94. The van der Waals surface area contributed by atoms with E-state index in [2.05, 4.69) is 15.9 Å². The lowest BCUT2D eigenvalue weighted by Crippen LogP contribution is -2.39. The smallest absolute Gasteiger partial charge is 0.244 e. The third kappa shape index (κ3) is 3.33. The van der Waals surface area contributed by atoms with Gasteiger partial charge in [-0.1, -0.05) is 0 Å². The first-order valence-electron chi connectivity index (χ1n) is 6.49. The van der Waals surface area contributed by atoms with Crippen LogP contribution in [0.1, 0.15) is 12.8 Å². The Morgan fingerprint density at radius 3 is 2.60 bits per heavy atom. The zero-order valence-corrected chi connectivity index (χ0v) is 13.8. The van der Waals surface area contributed by atoms with Crippen molar-refractivity contribution in [2.75, 3.05) is 32.5 Å². The average molecular weight is 363 g/mol. The van der Waals surface area contributed by atoms with E-state index in [1.807, 2.05) is 0 Å². The van der Waals surface area contributed by atoms with Gasteiger partial charge in [-0.15, -0.1) is 0 Å². The fraction of sp³-hybridized carbons (Fsp3) is 0.538. The quantitative estimate of drug-likeness (QED) is 0.832. The molecular formula is C13H19BrN2O3S. The summed E-state index contributed by atoms with van der Waals surface area (Å²) in [7, 11) is -1.78. The molecule has 7 heteroatoms. The van der Waals surface area contributed by atoms with Gasteiger partial charge in [0.15, 0.2) is 0 Å². The van der Waals surface area contributed by atoms with Gasteiger partial charge in [0.05, 0.1) is 4.90 Å². The molecule has 1 aliphatic rings. The number of nitrogens with zero attached hydrogens (tertiary/aromatic N) is 1. The number of ether oxygens (including phenoxy) is 1. The summed E-state index contributed by atoms with van der Waals surface area (Å²) in [5, 5.41) is 0. The summed E-state index contributed by atoms with van der Waals surface area (Å²) >= 11 is 3.28. The number of nitrogen functional groups attached to an aromatic ring is 1. The van der Waals surface area contributed by atoms with Crippen LogP contribution in [-0.4, -0.2) is 39.5 Å². The molecule has 0 radical (unpaired) electrons. The third-order valence-electron chi connectivity index (χ3n) is 3.55. The molecule has 0 saturated carbocycles. The Bertz CT molecular complexity index is 569. The number of hydrogen-bond acceptors (Lipinski definition) is 4. The van der Waals surface area contributed by atoms with Crippen LogP contribution < -0.4 is 5.73 Å². The van der Waals surface area contributed by atoms with Gasteiger partial charge >= 0.3 is 0 Å². The molecule has 0 aliphatic carbocycles. The summed E-state index contributed by atoms with van der Waals surface area (Å²) in [4.78, 5) is 0.275. The molecule has 1 aliphatic heterocycles. The van der Waals surface area contributed by atoms with E-state index >= 15 is 0 Å². The first kappa shape index (κ1) is 15.8. The van der Waals surface area contributed by atoms with Crippen molar-refractivity contribution in [1.29, 1.82) is 0 Å². The summed E-state index contributed by atoms with van der Waals surface area (Å²) in [5.74, 6) is 0.446. The second kappa shape index (κ2) is 6.43. The van der Waals surface area contributed by atoms with Gasteiger partial charge in [-0.2, -0.15) is 4.31 Å². The number of anilines is 1. The summed E-state index contributed by atoms with van der Waals surface area (Å²) in [6.45, 7) is 1.76. The van der Waals surface area contributed by atoms with E-state index in [4.69, 9.17) is 10.5 Å². The molecule has 20 heavy (non-hydrogen) atoms. The highest BCUT2D eigenvalue weighted by Gasteiger charge is 2.30. The van der Waals surface area contributed by atoms with Crippen molar-refractivity contribution in [3.8, 4) is 0 Å². The molecule has 0 bridgehead atoms. The molecule has 1 heterocycles. The minimum Gasteiger partial charge on any atom is -0.399 e. The molecule has 0 unspecified atom stereocenters. The Morgan fingerprint density at radius 2 is 2.05 bits per heavy atom. The first-order chi connectivity index (χ1) is 9.45. The largest absolute Gasteiger partial charge is 0.399 e. The van der Waals surface area contributed by atoms with E-state index in [9.17, 15) is 8.42 Å². The van der Waals surface area contributed by atoms with Crippen LogP contribution in [-0.2, 0) is 14.8 Å². The van der Waals surface area contributed by atoms with Crippen LogP contribution in [0.15, 0.2) is 27.6 Å². The molecule has 1 saturated heterocycles. The molecule has 0 aromatic heterocycles. The Morgan fingerprint density at radius 1 is 1.40 bits per heavy atom. The van der Waals surface area contributed by atoms with Crippen LogP contribution >= 0.6 is 15.9 Å². The second-order valence-corrected chi connectivity index (χ2v) is 7.75. The molecule has 1 fully saturated rings. The maximum absolute atomic E-state index is 12.6. The minimum absolute atomic E-state index is 0.275. The molecule has 1 aromatic carbocycles. The standard InChI is InChI=1S/C13H19BrN2O3S/c1-19-9-10-4-6-16(7-5-10)20(17,18)13-3-2-11(15)8-12(13)14/h2-3,8,10H,4-7,9,15H2,1H3. The number of hydrogen-bond donors (Lipinski definition) is 1. The lowest BCUT2D eigenvalue weighted by Gasteiger charge is -2.31. The van der Waals surface area contributed by atoms with Crippen molar-refractivity contribution in [3.63, 3.8) is 0 Å². The van der Waals surface area contributed by atoms with E-state index in [1.165, 1.54) is 4.31 Å². The van der Waals surface area contributed by atoms with E-state index in [0.717, 1.165) is 12.8 Å². The maximum atomic E-state index is 12.6. The van der Waals surface area contributed by atoms with Crippen LogP contribution in [0.3, 0.4) is 0 Å². The van der Waals surface area contributed by atoms with Gasteiger partial charge in [-0.25, -0.2) is 8.42 Å². The van der Waals surface area contributed by atoms with Gasteiger partial charge in [0, 0.05) is 37.0 Å². The zero-order valence-electron chi connectivity index (χ0n) is 11.4. The Hall–Kier alpha value is -0.630. The van der Waals surface area contributed by atoms with Gasteiger partial charge in [-0.3, -0.25) is 0 Å². The average Bonchev–Trinajstić information content (AvgIpc) is 2.39. The predicted octanol–water partition coefficient (Wildman–Crippen LogP) is 2.08. The van der Waals surface area contributed by atoms with Crippen molar-refractivity contribution in [3.05, 3.63) is 22.7 Å². The van der Waals surface area contributed by atoms with Crippen molar-refractivity contribution >= 4 is 31.6 Å². The highest BCUT2D eigenvalue weighted by Crippen LogP contribution is 2.29. The topological polar surface area (TPSA) is 72.6 Å². The zero-order chi connectivity index (χ0) is 14.8. The lowest BCUT2D eigenvalue weighted by atomic mass is 9.99. The van der Waals surface area contributed by atoms with E-state index in [0.29, 0.717) is 35.8 Å². The van der Waals surface area contributed by atoms with Gasteiger partial charge in [0.25, 0.3) is 0 Å². The SMILES string of the molecule is COCC1CCN(S(=O)(=O)c2ccc(N)cc2Br)CC1. The number of benzene rings is 1. The van der Waals surface area contributed by atoms with E-state index in [-0.39, 0.29) is 4.90 Å². The maximum Gasteiger partial charge on any atom is 0.244 e. The van der Waals surface area contributed by atoms with Crippen LogP contribution in [0.5, 0.6) is 0 Å². The second-order valence-electron chi connectivity index (χ2n) is 4.99. The molecule has 0 spiro atoms. The monoisotopic (exact) mass is 362 g/mol. The molecule has 0 amide bonds. The number of piperidine rings is 1. The van der Waals surface area contributed by atoms with Gasteiger partial charge < -0.3 is 10.5 Å². The molecule has 1 aromatic rings. The van der Waals surface area contributed by atoms with Crippen LogP contribution in [0, 0.1) is 5.92 Å². The number of rotatable bonds is 4. The number of sulfonamides is 1. The minimum atomic E-state index is -3.46.